The zero-order valence-electron chi connectivity index (χ0n) is 16.8. The number of hydrogen-bond acceptors (Lipinski definition) is 5. The van der Waals surface area contributed by atoms with Gasteiger partial charge in [-0.05, 0) is 23.6 Å². The van der Waals surface area contributed by atoms with E-state index in [1.165, 1.54) is 17.0 Å². The Morgan fingerprint density at radius 3 is 2.73 bits per heavy atom. The van der Waals surface area contributed by atoms with Crippen LogP contribution in [0.5, 0.6) is 5.75 Å². The fraction of sp³-hybridized carbons (Fsp3) is 0.450. The molecule has 30 heavy (non-hydrogen) atoms. The molecule has 2 aromatic rings. The minimum atomic E-state index is -0.711. The lowest BCUT2D eigenvalue weighted by atomic mass is 10.2. The maximum absolute atomic E-state index is 13.6. The lowest BCUT2D eigenvalue weighted by Crippen LogP contribution is -2.46. The number of thiophene rings is 1. The Labute approximate surface area is 196 Å². The molecule has 2 heterocycles. The van der Waals surface area contributed by atoms with Gasteiger partial charge in [-0.25, -0.2) is 8.78 Å². The topological polar surface area (TPSA) is 58.1 Å². The summed E-state index contributed by atoms with van der Waals surface area (Å²) >= 11 is 1.74. The van der Waals surface area contributed by atoms with Gasteiger partial charge in [0.2, 0.25) is 0 Å². The molecule has 6 nitrogen and oxygen atoms in total. The van der Waals surface area contributed by atoms with E-state index in [0.717, 1.165) is 32.4 Å². The van der Waals surface area contributed by atoms with Gasteiger partial charge >= 0.3 is 0 Å². The Balaban J connectivity index is 0.00000320. The molecule has 1 fully saturated rings. The molecule has 10 heteroatoms. The predicted octanol–water partition coefficient (Wildman–Crippen LogP) is 3.26. The van der Waals surface area contributed by atoms with Crippen LogP contribution in [0.25, 0.3) is 0 Å². The third-order valence-electron chi connectivity index (χ3n) is 4.59. The average Bonchev–Trinajstić information content (AvgIpc) is 3.26. The highest BCUT2D eigenvalue weighted by Gasteiger charge is 2.23. The highest BCUT2D eigenvalue weighted by Crippen LogP contribution is 2.25. The minimum absolute atomic E-state index is 0. The molecule has 0 aliphatic carbocycles. The average molecular weight is 552 g/mol. The Kier molecular flexibility index (Phi) is 10.8. The highest BCUT2D eigenvalue weighted by atomic mass is 127. The minimum Gasteiger partial charge on any atom is -0.489 e. The molecule has 1 aliphatic rings. The van der Waals surface area contributed by atoms with Crippen LogP contribution < -0.4 is 15.4 Å². The van der Waals surface area contributed by atoms with Gasteiger partial charge in [0, 0.05) is 37.6 Å². The van der Waals surface area contributed by atoms with Crippen LogP contribution in [0.2, 0.25) is 0 Å². The molecule has 1 aromatic carbocycles. The molecule has 1 atom stereocenters. The Morgan fingerprint density at radius 1 is 1.27 bits per heavy atom. The molecule has 1 saturated heterocycles. The summed E-state index contributed by atoms with van der Waals surface area (Å²) in [6.45, 7) is 4.63. The number of rotatable bonds is 8. The van der Waals surface area contributed by atoms with Crippen molar-refractivity contribution in [3.63, 3.8) is 0 Å². The van der Waals surface area contributed by atoms with Crippen molar-refractivity contribution in [2.24, 2.45) is 4.99 Å². The van der Waals surface area contributed by atoms with Gasteiger partial charge in [-0.15, -0.1) is 35.3 Å². The second-order valence-corrected chi connectivity index (χ2v) is 7.46. The van der Waals surface area contributed by atoms with E-state index in [-0.39, 0.29) is 42.4 Å². The Morgan fingerprint density at radius 2 is 2.07 bits per heavy atom. The van der Waals surface area contributed by atoms with E-state index in [9.17, 15) is 8.78 Å². The summed E-state index contributed by atoms with van der Waals surface area (Å²) in [5, 5.41) is 8.59. The Hall–Kier alpha value is -1.50. The third kappa shape index (κ3) is 7.33. The van der Waals surface area contributed by atoms with E-state index in [1.54, 1.807) is 18.4 Å². The van der Waals surface area contributed by atoms with Crippen LogP contribution in [-0.2, 0) is 4.74 Å². The number of halogens is 3. The van der Waals surface area contributed by atoms with E-state index in [4.69, 9.17) is 9.47 Å². The molecule has 3 rings (SSSR count). The number of aliphatic imine (C=N–C) groups is 1. The van der Waals surface area contributed by atoms with Gasteiger partial charge in [-0.1, -0.05) is 6.07 Å². The lowest BCUT2D eigenvalue weighted by molar-refractivity contribution is 0.0177. The molecular weight excluding hydrogens is 525 g/mol. The van der Waals surface area contributed by atoms with Crippen molar-refractivity contribution in [1.29, 1.82) is 0 Å². The van der Waals surface area contributed by atoms with E-state index >= 15 is 0 Å². The van der Waals surface area contributed by atoms with Crippen molar-refractivity contribution in [3.05, 3.63) is 52.2 Å². The van der Waals surface area contributed by atoms with E-state index < -0.39 is 11.6 Å². The second kappa shape index (κ2) is 13.0. The Bertz CT molecular complexity index is 789. The summed E-state index contributed by atoms with van der Waals surface area (Å²) in [7, 11) is 1.70. The fourth-order valence-corrected chi connectivity index (χ4v) is 3.98. The van der Waals surface area contributed by atoms with Crippen LogP contribution in [-0.4, -0.2) is 63.9 Å². The number of ether oxygens (including phenoxy) is 2. The van der Waals surface area contributed by atoms with Crippen LogP contribution in [0.4, 0.5) is 8.78 Å². The molecule has 0 spiro atoms. The van der Waals surface area contributed by atoms with Gasteiger partial charge in [-0.2, -0.15) is 0 Å². The smallest absolute Gasteiger partial charge is 0.191 e. The van der Waals surface area contributed by atoms with Crippen LogP contribution in [0, 0.1) is 11.6 Å². The highest BCUT2D eigenvalue weighted by molar-refractivity contribution is 14.0. The molecule has 0 radical (unpaired) electrons. The number of morpholine rings is 1. The van der Waals surface area contributed by atoms with Crippen LogP contribution in [0.15, 0.2) is 40.7 Å². The molecule has 1 unspecified atom stereocenters. The van der Waals surface area contributed by atoms with Crippen molar-refractivity contribution >= 4 is 41.3 Å². The normalized spacial score (nSPS) is 15.9. The van der Waals surface area contributed by atoms with Crippen molar-refractivity contribution < 1.29 is 18.3 Å². The molecular formula is C20H27F2IN4O2S. The largest absolute Gasteiger partial charge is 0.489 e. The quantitative estimate of drug-likeness (QED) is 0.228. The molecule has 2 N–H and O–H groups in total. The van der Waals surface area contributed by atoms with Crippen molar-refractivity contribution in [2.75, 3.05) is 53.0 Å². The van der Waals surface area contributed by atoms with E-state index in [1.807, 2.05) is 0 Å². The second-order valence-electron chi connectivity index (χ2n) is 6.48. The zero-order valence-corrected chi connectivity index (χ0v) is 19.9. The summed E-state index contributed by atoms with van der Waals surface area (Å²) < 4.78 is 37.4. The summed E-state index contributed by atoms with van der Waals surface area (Å²) in [6, 6.07) is 7.70. The van der Waals surface area contributed by atoms with E-state index in [0.29, 0.717) is 19.0 Å². The predicted molar refractivity (Wildman–Crippen MR) is 126 cm³/mol. The SMILES string of the molecule is CN=C(NCCOc1ccc(F)cc1F)NCC(c1cccs1)N1CCOCC1.I. The first kappa shape index (κ1) is 24.8. The van der Waals surface area contributed by atoms with Gasteiger partial charge < -0.3 is 20.1 Å². The first-order valence-electron chi connectivity index (χ1n) is 9.55. The number of benzene rings is 1. The fourth-order valence-electron chi connectivity index (χ4n) is 3.12. The standard InChI is InChI=1S/C20H26F2N4O2S.HI/c1-23-20(24-6-9-28-18-5-4-15(21)13-16(18)22)25-14-17(19-3-2-12-29-19)26-7-10-27-11-8-26;/h2-5,12-13,17H,6-11,14H2,1H3,(H2,23,24,25);1H. The first-order valence-corrected chi connectivity index (χ1v) is 10.4. The van der Waals surface area contributed by atoms with E-state index in [2.05, 4.69) is 38.0 Å². The van der Waals surface area contributed by atoms with Gasteiger partial charge in [0.15, 0.2) is 17.5 Å². The van der Waals surface area contributed by atoms with Gasteiger partial charge in [0.1, 0.15) is 12.4 Å². The van der Waals surface area contributed by atoms with Crippen LogP contribution >= 0.6 is 35.3 Å². The maximum atomic E-state index is 13.6. The number of guanidine groups is 1. The maximum Gasteiger partial charge on any atom is 0.191 e. The lowest BCUT2D eigenvalue weighted by Gasteiger charge is -2.34. The van der Waals surface area contributed by atoms with Crippen LogP contribution in [0.1, 0.15) is 10.9 Å². The van der Waals surface area contributed by atoms with Crippen molar-refractivity contribution in [1.82, 2.24) is 15.5 Å². The molecule has 1 aromatic heterocycles. The van der Waals surface area contributed by atoms with Crippen LogP contribution in [0.3, 0.4) is 0 Å². The van der Waals surface area contributed by atoms with Gasteiger partial charge in [-0.3, -0.25) is 9.89 Å². The monoisotopic (exact) mass is 552 g/mol. The first-order chi connectivity index (χ1) is 14.2. The summed E-state index contributed by atoms with van der Waals surface area (Å²) in [5.74, 6) is -0.667. The molecule has 0 amide bonds. The summed E-state index contributed by atoms with van der Waals surface area (Å²) in [6.07, 6.45) is 0. The molecule has 0 saturated carbocycles. The van der Waals surface area contributed by atoms with Crippen molar-refractivity contribution in [2.45, 2.75) is 6.04 Å². The molecule has 166 valence electrons. The molecule has 1 aliphatic heterocycles. The zero-order chi connectivity index (χ0) is 20.5. The molecule has 0 bridgehead atoms. The summed E-state index contributed by atoms with van der Waals surface area (Å²) in [5.41, 5.74) is 0. The summed E-state index contributed by atoms with van der Waals surface area (Å²) in [4.78, 5) is 7.94. The van der Waals surface area contributed by atoms with Crippen molar-refractivity contribution in [3.8, 4) is 5.75 Å². The number of nitrogens with zero attached hydrogens (tertiary/aromatic N) is 2. The third-order valence-corrected chi connectivity index (χ3v) is 5.56. The van der Waals surface area contributed by atoms with Gasteiger partial charge in [0.25, 0.3) is 0 Å². The number of nitrogens with one attached hydrogen (secondary N) is 2. The number of hydrogen-bond donors (Lipinski definition) is 2. The van der Waals surface area contributed by atoms with Gasteiger partial charge in [0.05, 0.1) is 25.8 Å².